The first-order valence-corrected chi connectivity index (χ1v) is 8.24. The van der Waals surface area contributed by atoms with Crippen LogP contribution in [0.2, 0.25) is 0 Å². The largest absolute Gasteiger partial charge is 0.494 e. The van der Waals surface area contributed by atoms with Crippen LogP contribution in [0.15, 0.2) is 24.3 Å². The minimum absolute atomic E-state index is 0.0106. The van der Waals surface area contributed by atoms with Crippen molar-refractivity contribution in [1.82, 2.24) is 0 Å². The highest BCUT2D eigenvalue weighted by Gasteiger charge is 2.25. The van der Waals surface area contributed by atoms with E-state index >= 15 is 0 Å². The van der Waals surface area contributed by atoms with Crippen LogP contribution in [-0.4, -0.2) is 38.1 Å². The number of carbonyl (C=O) groups excluding carboxylic acids is 2. The molecule has 1 saturated heterocycles. The number of ether oxygens (including phenoxy) is 1. The Morgan fingerprint density at radius 2 is 1.91 bits per heavy atom. The molecule has 23 heavy (non-hydrogen) atoms. The third kappa shape index (κ3) is 5.56. The summed E-state index contributed by atoms with van der Waals surface area (Å²) in [4.78, 5) is 24.5. The van der Waals surface area contributed by atoms with Gasteiger partial charge in [0.2, 0.25) is 11.8 Å². The molecule has 126 valence electrons. The van der Waals surface area contributed by atoms with Crippen molar-refractivity contribution < 1.29 is 19.2 Å². The van der Waals surface area contributed by atoms with Crippen molar-refractivity contribution in [3.05, 3.63) is 24.3 Å². The van der Waals surface area contributed by atoms with E-state index < -0.39 is 0 Å². The molecule has 1 fully saturated rings. The number of hydrogen-bond acceptors (Lipinski definition) is 3. The second kappa shape index (κ2) is 8.53. The first-order valence-electron chi connectivity index (χ1n) is 8.24. The van der Waals surface area contributed by atoms with Gasteiger partial charge < -0.3 is 20.7 Å². The zero-order valence-electron chi connectivity index (χ0n) is 13.6. The smallest absolute Gasteiger partial charge is 0.230 e. The number of amides is 2. The fourth-order valence-electron chi connectivity index (χ4n) is 2.88. The van der Waals surface area contributed by atoms with Crippen molar-refractivity contribution in [2.75, 3.05) is 31.6 Å². The van der Waals surface area contributed by atoms with E-state index in [9.17, 15) is 9.59 Å². The molecule has 2 rings (SSSR count). The van der Waals surface area contributed by atoms with Gasteiger partial charge in [-0.2, -0.15) is 0 Å². The van der Waals surface area contributed by atoms with E-state index in [0.29, 0.717) is 13.0 Å². The highest BCUT2D eigenvalue weighted by atomic mass is 16.5. The lowest BCUT2D eigenvalue weighted by Crippen LogP contribution is -3.13. The van der Waals surface area contributed by atoms with Crippen LogP contribution in [0.5, 0.6) is 5.75 Å². The third-order valence-electron chi connectivity index (χ3n) is 4.25. The Labute approximate surface area is 137 Å². The van der Waals surface area contributed by atoms with Crippen LogP contribution in [0.1, 0.15) is 26.2 Å². The van der Waals surface area contributed by atoms with E-state index in [-0.39, 0.29) is 17.7 Å². The lowest BCUT2D eigenvalue weighted by Gasteiger charge is -2.27. The van der Waals surface area contributed by atoms with E-state index in [1.807, 2.05) is 31.2 Å². The van der Waals surface area contributed by atoms with Gasteiger partial charge in [0.15, 0.2) is 0 Å². The Morgan fingerprint density at radius 1 is 1.26 bits per heavy atom. The molecule has 0 spiro atoms. The standard InChI is InChI=1S/C17H25N3O3/c1-2-23-15-5-3-14(4-6-15)19-16(21)9-12-20-10-7-13(8-11-20)17(18)22/h3-6,13H,2,7-12H2,1H3,(H2,18,22)(H,19,21)/p+1. The molecule has 0 radical (unpaired) electrons. The maximum Gasteiger partial charge on any atom is 0.230 e. The molecule has 6 nitrogen and oxygen atoms in total. The summed E-state index contributed by atoms with van der Waals surface area (Å²) in [5.41, 5.74) is 6.11. The molecule has 0 saturated carbocycles. The summed E-state index contributed by atoms with van der Waals surface area (Å²) in [6.07, 6.45) is 2.13. The van der Waals surface area contributed by atoms with Crippen molar-refractivity contribution in [2.24, 2.45) is 11.7 Å². The van der Waals surface area contributed by atoms with E-state index in [2.05, 4.69) is 5.32 Å². The molecule has 4 N–H and O–H groups in total. The number of nitrogens with two attached hydrogens (primary N) is 1. The van der Waals surface area contributed by atoms with Crippen LogP contribution in [0, 0.1) is 5.92 Å². The SMILES string of the molecule is CCOc1ccc(NC(=O)CC[NH+]2CCC(C(N)=O)CC2)cc1. The average Bonchev–Trinajstić information content (AvgIpc) is 2.55. The van der Waals surface area contributed by atoms with Gasteiger partial charge in [0.1, 0.15) is 5.75 Å². The molecule has 0 atom stereocenters. The second-order valence-corrected chi connectivity index (χ2v) is 5.93. The molecule has 0 bridgehead atoms. The number of hydrogen-bond donors (Lipinski definition) is 3. The molecule has 1 aliphatic heterocycles. The van der Waals surface area contributed by atoms with E-state index in [4.69, 9.17) is 10.5 Å². The van der Waals surface area contributed by atoms with Gasteiger partial charge in [-0.05, 0) is 31.2 Å². The van der Waals surface area contributed by atoms with Crippen LogP contribution >= 0.6 is 0 Å². The normalized spacial score (nSPS) is 20.7. The fraction of sp³-hybridized carbons (Fsp3) is 0.529. The number of piperidine rings is 1. The molecule has 0 unspecified atom stereocenters. The van der Waals surface area contributed by atoms with Gasteiger partial charge >= 0.3 is 0 Å². The number of nitrogens with one attached hydrogen (secondary N) is 2. The highest BCUT2D eigenvalue weighted by Crippen LogP contribution is 2.15. The lowest BCUT2D eigenvalue weighted by atomic mass is 9.96. The summed E-state index contributed by atoms with van der Waals surface area (Å²) in [5.74, 6) is 0.625. The van der Waals surface area contributed by atoms with E-state index in [0.717, 1.165) is 43.9 Å². The minimum atomic E-state index is -0.197. The Kier molecular flexibility index (Phi) is 6.40. The van der Waals surface area contributed by atoms with Gasteiger partial charge in [-0.3, -0.25) is 9.59 Å². The quantitative estimate of drug-likeness (QED) is 0.670. The number of benzene rings is 1. The van der Waals surface area contributed by atoms with E-state index in [1.54, 1.807) is 0 Å². The molecule has 0 aliphatic carbocycles. The summed E-state index contributed by atoms with van der Waals surface area (Å²) in [5, 5.41) is 2.90. The Bertz CT molecular complexity index is 522. The van der Waals surface area contributed by atoms with Crippen molar-refractivity contribution in [3.63, 3.8) is 0 Å². The average molecular weight is 320 g/mol. The molecule has 1 aromatic rings. The molecular weight excluding hydrogens is 294 g/mol. The zero-order chi connectivity index (χ0) is 16.7. The number of likely N-dealkylation sites (tertiary alicyclic amines) is 1. The number of anilines is 1. The predicted molar refractivity (Wildman–Crippen MR) is 88.3 cm³/mol. The summed E-state index contributed by atoms with van der Waals surface area (Å²) in [6.45, 7) is 5.16. The maximum atomic E-state index is 12.0. The van der Waals surface area contributed by atoms with Crippen molar-refractivity contribution in [1.29, 1.82) is 0 Å². The minimum Gasteiger partial charge on any atom is -0.494 e. The number of carbonyl (C=O) groups is 2. The van der Waals surface area contributed by atoms with Gasteiger partial charge in [0, 0.05) is 24.4 Å². The van der Waals surface area contributed by atoms with Crippen molar-refractivity contribution in [3.8, 4) is 5.75 Å². The Balaban J connectivity index is 1.70. The maximum absolute atomic E-state index is 12.0. The Hall–Kier alpha value is -2.08. The van der Waals surface area contributed by atoms with Gasteiger partial charge in [-0.1, -0.05) is 0 Å². The Morgan fingerprint density at radius 3 is 2.48 bits per heavy atom. The molecule has 0 aromatic heterocycles. The summed E-state index contributed by atoms with van der Waals surface area (Å²) < 4.78 is 5.37. The monoisotopic (exact) mass is 320 g/mol. The topological polar surface area (TPSA) is 85.9 Å². The molecule has 1 heterocycles. The number of quaternary nitrogens is 1. The van der Waals surface area contributed by atoms with Crippen molar-refractivity contribution in [2.45, 2.75) is 26.2 Å². The van der Waals surface area contributed by atoms with Crippen LogP contribution in [0.25, 0.3) is 0 Å². The predicted octanol–water partition coefficient (Wildman–Crippen LogP) is 0.194. The molecule has 1 aromatic carbocycles. The van der Waals surface area contributed by atoms with Gasteiger partial charge in [0.25, 0.3) is 0 Å². The summed E-state index contributed by atoms with van der Waals surface area (Å²) in [6, 6.07) is 7.38. The third-order valence-corrected chi connectivity index (χ3v) is 4.25. The highest BCUT2D eigenvalue weighted by molar-refractivity contribution is 5.90. The van der Waals surface area contributed by atoms with Crippen LogP contribution < -0.4 is 20.7 Å². The van der Waals surface area contributed by atoms with E-state index in [1.165, 1.54) is 4.90 Å². The molecule has 6 heteroatoms. The summed E-state index contributed by atoms with van der Waals surface area (Å²) in [7, 11) is 0. The van der Waals surface area contributed by atoms with Gasteiger partial charge in [0.05, 0.1) is 32.7 Å². The van der Waals surface area contributed by atoms with Crippen LogP contribution in [-0.2, 0) is 9.59 Å². The summed E-state index contributed by atoms with van der Waals surface area (Å²) >= 11 is 0. The van der Waals surface area contributed by atoms with Crippen molar-refractivity contribution >= 4 is 17.5 Å². The number of primary amides is 1. The first kappa shape index (κ1) is 17.3. The van der Waals surface area contributed by atoms with Crippen LogP contribution in [0.4, 0.5) is 5.69 Å². The number of rotatable bonds is 7. The lowest BCUT2D eigenvalue weighted by molar-refractivity contribution is -0.905. The fourth-order valence-corrected chi connectivity index (χ4v) is 2.88. The zero-order valence-corrected chi connectivity index (χ0v) is 13.6. The molecule has 2 amide bonds. The second-order valence-electron chi connectivity index (χ2n) is 5.93. The molecular formula is C17H26N3O3+. The first-order chi connectivity index (χ1) is 11.1. The van der Waals surface area contributed by atoms with Gasteiger partial charge in [-0.25, -0.2) is 0 Å². The molecule has 1 aliphatic rings. The van der Waals surface area contributed by atoms with Crippen LogP contribution in [0.3, 0.4) is 0 Å². The van der Waals surface area contributed by atoms with Gasteiger partial charge in [-0.15, -0.1) is 0 Å².